The summed E-state index contributed by atoms with van der Waals surface area (Å²) in [6, 6.07) is 9.82. The third-order valence-electron chi connectivity index (χ3n) is 5.62. The number of urea groups is 1. The number of alkyl halides is 3. The van der Waals surface area contributed by atoms with E-state index in [1.807, 2.05) is 18.2 Å². The molecule has 11 heteroatoms. The van der Waals surface area contributed by atoms with E-state index in [0.29, 0.717) is 35.4 Å². The highest BCUT2D eigenvalue weighted by atomic mass is 35.5. The molecule has 5 rings (SSSR count). The van der Waals surface area contributed by atoms with E-state index in [1.165, 1.54) is 0 Å². The lowest BCUT2D eigenvalue weighted by Gasteiger charge is -2.12. The number of anilines is 2. The Balaban J connectivity index is 1.30. The van der Waals surface area contributed by atoms with Crippen LogP contribution in [0.2, 0.25) is 5.15 Å². The molecule has 0 aliphatic heterocycles. The molecule has 1 aliphatic carbocycles. The molecule has 2 aromatic carbocycles. The number of aromatic nitrogens is 3. The Morgan fingerprint density at radius 1 is 1.06 bits per heavy atom. The van der Waals surface area contributed by atoms with E-state index in [-0.39, 0.29) is 5.69 Å². The minimum absolute atomic E-state index is 0.309. The van der Waals surface area contributed by atoms with Gasteiger partial charge in [-0.15, -0.1) is 0 Å². The first-order chi connectivity index (χ1) is 16.7. The Bertz CT molecular complexity index is 1410. The normalized spacial score (nSPS) is 13.7. The quantitative estimate of drug-likeness (QED) is 0.232. The zero-order valence-electron chi connectivity index (χ0n) is 18.0. The van der Waals surface area contributed by atoms with Crippen LogP contribution in [0.15, 0.2) is 54.7 Å². The van der Waals surface area contributed by atoms with Crippen LogP contribution < -0.4 is 10.6 Å². The lowest BCUT2D eigenvalue weighted by Crippen LogP contribution is -2.20. The zero-order valence-corrected chi connectivity index (χ0v) is 18.8. The van der Waals surface area contributed by atoms with E-state index in [4.69, 9.17) is 16.6 Å². The van der Waals surface area contributed by atoms with Crippen LogP contribution in [-0.4, -0.2) is 20.6 Å². The average molecular weight is 504 g/mol. The van der Waals surface area contributed by atoms with E-state index in [2.05, 4.69) is 20.2 Å². The summed E-state index contributed by atoms with van der Waals surface area (Å²) in [5, 5.41) is 5.13. The van der Waals surface area contributed by atoms with Crippen LogP contribution >= 0.6 is 11.6 Å². The van der Waals surface area contributed by atoms with Gasteiger partial charge in [0.05, 0.1) is 11.1 Å². The molecule has 2 aromatic heterocycles. The Hall–Kier alpha value is -3.66. The van der Waals surface area contributed by atoms with Gasteiger partial charge in [0.25, 0.3) is 0 Å². The molecular weight excluding hydrogens is 486 g/mol. The Morgan fingerprint density at radius 2 is 1.77 bits per heavy atom. The van der Waals surface area contributed by atoms with Gasteiger partial charge in [-0.25, -0.2) is 19.2 Å². The molecule has 0 spiro atoms. The minimum atomic E-state index is -4.73. The van der Waals surface area contributed by atoms with E-state index < -0.39 is 23.6 Å². The molecule has 0 radical (unpaired) electrons. The minimum Gasteiger partial charge on any atom is -0.321 e. The first-order valence-corrected chi connectivity index (χ1v) is 11.1. The number of hydrogen-bond donors (Lipinski definition) is 2. The Labute approximate surface area is 201 Å². The fourth-order valence-electron chi connectivity index (χ4n) is 3.87. The van der Waals surface area contributed by atoms with Crippen LogP contribution in [0.1, 0.15) is 35.7 Å². The van der Waals surface area contributed by atoms with Crippen molar-refractivity contribution < 1.29 is 22.4 Å². The number of carbonyl (C=O) groups is 1. The monoisotopic (exact) mass is 503 g/mol. The molecule has 2 heterocycles. The highest BCUT2D eigenvalue weighted by molar-refractivity contribution is 6.33. The van der Waals surface area contributed by atoms with Crippen LogP contribution in [0.3, 0.4) is 0 Å². The average Bonchev–Trinajstić information content (AvgIpc) is 3.56. The third-order valence-corrected chi connectivity index (χ3v) is 5.89. The van der Waals surface area contributed by atoms with Crippen LogP contribution in [-0.2, 0) is 12.7 Å². The van der Waals surface area contributed by atoms with Crippen molar-refractivity contribution in [2.45, 2.75) is 31.5 Å². The van der Waals surface area contributed by atoms with E-state index in [9.17, 15) is 22.4 Å². The molecular formula is C24H18ClF4N5O. The summed E-state index contributed by atoms with van der Waals surface area (Å²) in [5.74, 6) is 0.251. The number of hydrogen-bond acceptors (Lipinski definition) is 3. The number of amides is 2. The van der Waals surface area contributed by atoms with Crippen molar-refractivity contribution in [3.05, 3.63) is 82.6 Å². The fraction of sp³-hybridized carbons (Fsp3) is 0.208. The van der Waals surface area contributed by atoms with Gasteiger partial charge in [0, 0.05) is 30.0 Å². The van der Waals surface area contributed by atoms with Gasteiger partial charge < -0.3 is 15.2 Å². The molecule has 2 amide bonds. The predicted molar refractivity (Wildman–Crippen MR) is 124 cm³/mol. The molecule has 1 fully saturated rings. The van der Waals surface area contributed by atoms with Gasteiger partial charge in [0.1, 0.15) is 17.2 Å². The molecule has 0 unspecified atom stereocenters. The van der Waals surface area contributed by atoms with Crippen molar-refractivity contribution in [3.63, 3.8) is 0 Å². The van der Waals surface area contributed by atoms with E-state index >= 15 is 0 Å². The molecule has 6 nitrogen and oxygen atoms in total. The van der Waals surface area contributed by atoms with Gasteiger partial charge in [0.15, 0.2) is 5.15 Å². The second-order valence-electron chi connectivity index (χ2n) is 8.30. The van der Waals surface area contributed by atoms with Gasteiger partial charge in [-0.1, -0.05) is 23.7 Å². The third kappa shape index (κ3) is 5.07. The first-order valence-electron chi connectivity index (χ1n) is 10.7. The number of nitrogens with one attached hydrogen (secondary N) is 2. The van der Waals surface area contributed by atoms with Gasteiger partial charge in [-0.2, -0.15) is 13.2 Å². The van der Waals surface area contributed by atoms with Crippen LogP contribution in [0.25, 0.3) is 11.0 Å². The highest BCUT2D eigenvalue weighted by Gasteiger charge is 2.32. The summed E-state index contributed by atoms with van der Waals surface area (Å²) in [6.07, 6.45) is -0.965. The molecule has 0 saturated heterocycles. The lowest BCUT2D eigenvalue weighted by molar-refractivity contribution is -0.137. The largest absolute Gasteiger partial charge is 0.416 e. The lowest BCUT2D eigenvalue weighted by atomic mass is 10.2. The first kappa shape index (κ1) is 23.1. The van der Waals surface area contributed by atoms with Crippen LogP contribution in [0.5, 0.6) is 0 Å². The summed E-state index contributed by atoms with van der Waals surface area (Å²) >= 11 is 6.35. The van der Waals surface area contributed by atoms with Crippen molar-refractivity contribution in [3.8, 4) is 0 Å². The maximum absolute atomic E-state index is 13.5. The summed E-state index contributed by atoms with van der Waals surface area (Å²) in [7, 11) is 0. The molecule has 1 aliphatic rings. The summed E-state index contributed by atoms with van der Waals surface area (Å²) in [4.78, 5) is 21.2. The molecule has 0 atom stereocenters. The topological polar surface area (TPSA) is 71.8 Å². The van der Waals surface area contributed by atoms with E-state index in [0.717, 1.165) is 41.3 Å². The number of nitrogens with zero attached hydrogens (tertiary/aromatic N) is 3. The number of halogens is 5. The van der Waals surface area contributed by atoms with Crippen molar-refractivity contribution in [1.82, 2.24) is 14.5 Å². The number of fused-ring (bicyclic) bond motifs is 1. The van der Waals surface area contributed by atoms with Gasteiger partial charge in [-0.05, 0) is 54.8 Å². The summed E-state index contributed by atoms with van der Waals surface area (Å²) in [6.45, 7) is 0.504. The second-order valence-corrected chi connectivity index (χ2v) is 8.66. The van der Waals surface area contributed by atoms with Gasteiger partial charge in [0.2, 0.25) is 0 Å². The number of benzene rings is 2. The van der Waals surface area contributed by atoms with Crippen molar-refractivity contribution >= 4 is 40.0 Å². The number of pyridine rings is 1. The van der Waals surface area contributed by atoms with Crippen molar-refractivity contribution in [2.24, 2.45) is 0 Å². The molecule has 4 aromatic rings. The van der Waals surface area contributed by atoms with Crippen LogP contribution in [0, 0.1) is 5.82 Å². The maximum atomic E-state index is 13.5. The summed E-state index contributed by atoms with van der Waals surface area (Å²) in [5.41, 5.74) is 1.40. The smallest absolute Gasteiger partial charge is 0.321 e. The number of carbonyl (C=O) groups excluding carboxylic acids is 1. The Kier molecular flexibility index (Phi) is 5.84. The number of rotatable bonds is 5. The number of imidazole rings is 1. The van der Waals surface area contributed by atoms with Crippen molar-refractivity contribution in [2.75, 3.05) is 10.6 Å². The van der Waals surface area contributed by atoms with Crippen LogP contribution in [0.4, 0.5) is 33.7 Å². The SMILES string of the molecule is O=C(Nc1ccc(Cn2c(C3CC3)nc3ccnc(Cl)c32)cc1)Nc1cc(F)cc(C(F)(F)F)c1. The standard InChI is InChI=1S/C24H18ClF4N5O/c25-21-20-19(7-8-30-21)33-22(14-3-4-14)34(20)12-13-1-5-17(6-2-13)31-23(35)32-18-10-15(24(27,28)29)9-16(26)11-18/h1-2,5-11,14H,3-4,12H2,(H2,31,32,35). The Morgan fingerprint density at radius 3 is 2.46 bits per heavy atom. The molecule has 0 bridgehead atoms. The molecule has 35 heavy (non-hydrogen) atoms. The molecule has 180 valence electrons. The second kappa shape index (κ2) is 8.84. The predicted octanol–water partition coefficient (Wildman–Crippen LogP) is 6.81. The van der Waals surface area contributed by atoms with Gasteiger partial charge in [-0.3, -0.25) is 0 Å². The molecule has 1 saturated carbocycles. The highest BCUT2D eigenvalue weighted by Crippen LogP contribution is 2.41. The van der Waals surface area contributed by atoms with Crippen molar-refractivity contribution in [1.29, 1.82) is 0 Å². The fourth-order valence-corrected chi connectivity index (χ4v) is 4.12. The molecule has 2 N–H and O–H groups in total. The summed E-state index contributed by atoms with van der Waals surface area (Å²) < 4.78 is 54.2. The maximum Gasteiger partial charge on any atom is 0.416 e. The van der Waals surface area contributed by atoms with E-state index in [1.54, 1.807) is 18.3 Å². The van der Waals surface area contributed by atoms with Gasteiger partial charge >= 0.3 is 12.2 Å². The zero-order chi connectivity index (χ0) is 24.7.